The van der Waals surface area contributed by atoms with E-state index >= 15 is 0 Å². The second kappa shape index (κ2) is 3.53. The molecule has 1 heterocycles. The van der Waals surface area contributed by atoms with Gasteiger partial charge in [-0.1, -0.05) is 15.9 Å². The lowest BCUT2D eigenvalue weighted by Gasteiger charge is -2.02. The summed E-state index contributed by atoms with van der Waals surface area (Å²) in [5.41, 5.74) is 0.326. The molecule has 0 unspecified atom stereocenters. The first-order chi connectivity index (χ1) is 6.70. The number of nitrogens with zero attached hydrogens (tertiary/aromatic N) is 1. The molecule has 1 aromatic heterocycles. The maximum atomic E-state index is 13.4. The summed E-state index contributed by atoms with van der Waals surface area (Å²) in [6.07, 6.45) is 0. The molecule has 0 aliphatic rings. The van der Waals surface area contributed by atoms with Gasteiger partial charge >= 0.3 is 0 Å². The van der Waals surface area contributed by atoms with Crippen molar-refractivity contribution in [1.82, 2.24) is 4.98 Å². The molecule has 0 aliphatic heterocycles. The lowest BCUT2D eigenvalue weighted by molar-refractivity contribution is 0.399. The highest BCUT2D eigenvalue weighted by molar-refractivity contribution is 9.10. The second-order valence-electron chi connectivity index (χ2n) is 2.81. The number of ether oxygens (including phenoxy) is 1. The van der Waals surface area contributed by atoms with Crippen LogP contribution in [0.1, 0.15) is 0 Å². The summed E-state index contributed by atoms with van der Waals surface area (Å²) in [4.78, 5) is 4.02. The minimum absolute atomic E-state index is 0.326. The Labute approximate surface area is 88.8 Å². The number of benzene rings is 1. The van der Waals surface area contributed by atoms with Gasteiger partial charge in [-0.15, -0.1) is 0 Å². The van der Waals surface area contributed by atoms with E-state index in [1.807, 2.05) is 6.07 Å². The Morgan fingerprint density at radius 3 is 2.86 bits per heavy atom. The fraction of sp³-hybridized carbons (Fsp3) is 0.100. The summed E-state index contributed by atoms with van der Waals surface area (Å²) in [5.74, 6) is 0.0620. The first-order valence-corrected chi connectivity index (χ1v) is 4.80. The standard InChI is InChI=1S/C10H7BrFNO/c1-14-9-3-2-6-4-7(11)5-8(12)10(6)13-9/h2-5H,1H3. The summed E-state index contributed by atoms with van der Waals surface area (Å²) in [6, 6.07) is 6.67. The van der Waals surface area contributed by atoms with E-state index in [2.05, 4.69) is 20.9 Å². The van der Waals surface area contributed by atoms with Crippen molar-refractivity contribution in [3.8, 4) is 5.88 Å². The van der Waals surface area contributed by atoms with Crippen LogP contribution in [0.3, 0.4) is 0 Å². The molecule has 2 aromatic rings. The largest absolute Gasteiger partial charge is 0.481 e. The molecule has 0 amide bonds. The molecular formula is C10H7BrFNO. The van der Waals surface area contributed by atoms with Gasteiger partial charge in [0.15, 0.2) is 5.82 Å². The third kappa shape index (κ3) is 1.57. The molecule has 0 atom stereocenters. The highest BCUT2D eigenvalue weighted by Crippen LogP contribution is 2.23. The van der Waals surface area contributed by atoms with Crippen LogP contribution in [0, 0.1) is 5.82 Å². The van der Waals surface area contributed by atoms with Crippen LogP contribution in [0.5, 0.6) is 5.88 Å². The van der Waals surface area contributed by atoms with Crippen LogP contribution in [-0.4, -0.2) is 12.1 Å². The first kappa shape index (κ1) is 9.40. The van der Waals surface area contributed by atoms with E-state index in [1.165, 1.54) is 13.2 Å². The van der Waals surface area contributed by atoms with Crippen molar-refractivity contribution < 1.29 is 9.13 Å². The Balaban J connectivity index is 2.75. The second-order valence-corrected chi connectivity index (χ2v) is 3.73. The summed E-state index contributed by atoms with van der Waals surface area (Å²) < 4.78 is 19.0. The number of halogens is 2. The summed E-state index contributed by atoms with van der Waals surface area (Å²) >= 11 is 3.22. The number of hydrogen-bond acceptors (Lipinski definition) is 2. The Morgan fingerprint density at radius 2 is 2.14 bits per heavy atom. The molecule has 0 saturated heterocycles. The maximum absolute atomic E-state index is 13.4. The van der Waals surface area contributed by atoms with Gasteiger partial charge in [-0.05, 0) is 18.2 Å². The van der Waals surface area contributed by atoms with E-state index in [-0.39, 0.29) is 5.82 Å². The number of methoxy groups -OCH3 is 1. The number of pyridine rings is 1. The summed E-state index contributed by atoms with van der Waals surface area (Å²) in [5, 5.41) is 0.748. The van der Waals surface area contributed by atoms with E-state index < -0.39 is 0 Å². The minimum atomic E-state index is -0.353. The predicted octanol–water partition coefficient (Wildman–Crippen LogP) is 3.15. The molecule has 0 saturated carbocycles. The Morgan fingerprint density at radius 1 is 1.36 bits per heavy atom. The van der Waals surface area contributed by atoms with Crippen LogP contribution in [0.25, 0.3) is 10.9 Å². The van der Waals surface area contributed by atoms with Crippen LogP contribution < -0.4 is 4.74 Å². The topological polar surface area (TPSA) is 22.1 Å². The molecule has 1 aromatic carbocycles. The van der Waals surface area contributed by atoms with Crippen LogP contribution >= 0.6 is 15.9 Å². The van der Waals surface area contributed by atoms with Crippen molar-refractivity contribution in [3.63, 3.8) is 0 Å². The molecular weight excluding hydrogens is 249 g/mol. The van der Waals surface area contributed by atoms with E-state index in [9.17, 15) is 4.39 Å². The normalized spacial score (nSPS) is 10.5. The summed E-state index contributed by atoms with van der Waals surface area (Å²) in [6.45, 7) is 0. The average Bonchev–Trinajstić information content (AvgIpc) is 2.17. The first-order valence-electron chi connectivity index (χ1n) is 4.00. The monoisotopic (exact) mass is 255 g/mol. The van der Waals surface area contributed by atoms with Crippen molar-refractivity contribution in [3.05, 3.63) is 34.6 Å². The minimum Gasteiger partial charge on any atom is -0.481 e. The van der Waals surface area contributed by atoms with Gasteiger partial charge in [0.05, 0.1) is 7.11 Å². The van der Waals surface area contributed by atoms with Gasteiger partial charge in [0.2, 0.25) is 5.88 Å². The molecule has 0 aliphatic carbocycles. The third-order valence-electron chi connectivity index (χ3n) is 1.89. The van der Waals surface area contributed by atoms with Crippen molar-refractivity contribution in [2.24, 2.45) is 0 Å². The lowest BCUT2D eigenvalue weighted by Crippen LogP contribution is -1.90. The van der Waals surface area contributed by atoms with Crippen molar-refractivity contribution in [2.75, 3.05) is 7.11 Å². The molecule has 0 radical (unpaired) electrons. The van der Waals surface area contributed by atoms with Gasteiger partial charge < -0.3 is 4.74 Å². The van der Waals surface area contributed by atoms with E-state index in [0.717, 1.165) is 5.39 Å². The molecule has 14 heavy (non-hydrogen) atoms. The van der Waals surface area contributed by atoms with Gasteiger partial charge in [0, 0.05) is 15.9 Å². The summed E-state index contributed by atoms with van der Waals surface area (Å²) in [7, 11) is 1.50. The number of fused-ring (bicyclic) bond motifs is 1. The number of rotatable bonds is 1. The van der Waals surface area contributed by atoms with Crippen molar-refractivity contribution in [2.45, 2.75) is 0 Å². The van der Waals surface area contributed by atoms with Gasteiger partial charge in [-0.3, -0.25) is 0 Å². The van der Waals surface area contributed by atoms with Gasteiger partial charge in [-0.25, -0.2) is 9.37 Å². The quantitative estimate of drug-likeness (QED) is 0.781. The van der Waals surface area contributed by atoms with Gasteiger partial charge in [-0.2, -0.15) is 0 Å². The zero-order chi connectivity index (χ0) is 10.1. The maximum Gasteiger partial charge on any atom is 0.213 e. The molecule has 0 bridgehead atoms. The zero-order valence-electron chi connectivity index (χ0n) is 7.42. The van der Waals surface area contributed by atoms with Crippen LogP contribution in [0.2, 0.25) is 0 Å². The number of aromatic nitrogens is 1. The molecule has 2 nitrogen and oxygen atoms in total. The third-order valence-corrected chi connectivity index (χ3v) is 2.35. The Kier molecular flexibility index (Phi) is 2.37. The zero-order valence-corrected chi connectivity index (χ0v) is 9.01. The molecule has 0 N–H and O–H groups in total. The van der Waals surface area contributed by atoms with Crippen LogP contribution in [-0.2, 0) is 0 Å². The van der Waals surface area contributed by atoms with Crippen LogP contribution in [0.4, 0.5) is 4.39 Å². The Hall–Kier alpha value is -1.16. The molecule has 72 valence electrons. The van der Waals surface area contributed by atoms with E-state index in [1.54, 1.807) is 12.1 Å². The van der Waals surface area contributed by atoms with Crippen molar-refractivity contribution in [1.29, 1.82) is 0 Å². The highest BCUT2D eigenvalue weighted by atomic mass is 79.9. The van der Waals surface area contributed by atoms with Crippen molar-refractivity contribution >= 4 is 26.8 Å². The lowest BCUT2D eigenvalue weighted by atomic mass is 10.2. The SMILES string of the molecule is COc1ccc2cc(Br)cc(F)c2n1. The highest BCUT2D eigenvalue weighted by Gasteiger charge is 2.05. The predicted molar refractivity (Wildman–Crippen MR) is 56.0 cm³/mol. The molecule has 0 fully saturated rings. The molecule has 2 rings (SSSR count). The van der Waals surface area contributed by atoms with Gasteiger partial charge in [0.1, 0.15) is 5.52 Å². The van der Waals surface area contributed by atoms with Gasteiger partial charge in [0.25, 0.3) is 0 Å². The fourth-order valence-electron chi connectivity index (χ4n) is 1.25. The Bertz CT molecular complexity index is 487. The van der Waals surface area contributed by atoms with Crippen LogP contribution in [0.15, 0.2) is 28.7 Å². The van der Waals surface area contributed by atoms with E-state index in [0.29, 0.717) is 15.9 Å². The number of hydrogen-bond donors (Lipinski definition) is 0. The smallest absolute Gasteiger partial charge is 0.213 e. The molecule has 4 heteroatoms. The van der Waals surface area contributed by atoms with E-state index in [4.69, 9.17) is 4.74 Å². The average molecular weight is 256 g/mol. The molecule has 0 spiro atoms. The fourth-order valence-corrected chi connectivity index (χ4v) is 1.70.